The van der Waals surface area contributed by atoms with Crippen molar-refractivity contribution in [3.63, 3.8) is 0 Å². The van der Waals surface area contributed by atoms with Crippen molar-refractivity contribution in [3.05, 3.63) is 29.8 Å². The number of hydrogen-bond acceptors (Lipinski definition) is 3. The fourth-order valence-electron chi connectivity index (χ4n) is 2.48. The molecule has 0 saturated carbocycles. The molecule has 0 aliphatic carbocycles. The van der Waals surface area contributed by atoms with Gasteiger partial charge in [-0.1, -0.05) is 12.1 Å². The molecular weight excluding hydrogens is 269 g/mol. The number of hydrogen-bond donors (Lipinski definition) is 1. The van der Waals surface area contributed by atoms with Gasteiger partial charge in [0.25, 0.3) is 0 Å². The summed E-state index contributed by atoms with van der Waals surface area (Å²) in [6.45, 7) is 7.47. The van der Waals surface area contributed by atoms with Gasteiger partial charge in [-0.2, -0.15) is 0 Å². The van der Waals surface area contributed by atoms with Crippen molar-refractivity contribution >= 4 is 0 Å². The van der Waals surface area contributed by atoms with Crippen LogP contribution in [0.25, 0.3) is 0 Å². The SMILES string of the molecule is CC1(C)CN(Cc2cccc(OC(F)(F)F)c2)CCN1. The number of halogens is 3. The molecule has 1 heterocycles. The highest BCUT2D eigenvalue weighted by molar-refractivity contribution is 5.28. The molecule has 0 atom stereocenters. The van der Waals surface area contributed by atoms with Crippen LogP contribution in [0.1, 0.15) is 19.4 Å². The van der Waals surface area contributed by atoms with E-state index in [1.54, 1.807) is 6.07 Å². The highest BCUT2D eigenvalue weighted by Crippen LogP contribution is 2.24. The average molecular weight is 288 g/mol. The summed E-state index contributed by atoms with van der Waals surface area (Å²) in [5.41, 5.74) is 0.850. The van der Waals surface area contributed by atoms with Gasteiger partial charge in [-0.05, 0) is 31.5 Å². The van der Waals surface area contributed by atoms with Crippen LogP contribution in [-0.4, -0.2) is 36.4 Å². The Morgan fingerprint density at radius 3 is 2.75 bits per heavy atom. The van der Waals surface area contributed by atoms with Crippen molar-refractivity contribution in [2.45, 2.75) is 32.3 Å². The molecule has 1 aliphatic rings. The number of alkyl halides is 3. The molecule has 1 fully saturated rings. The normalized spacial score (nSPS) is 19.9. The lowest BCUT2D eigenvalue weighted by Crippen LogP contribution is -2.56. The number of nitrogens with one attached hydrogen (secondary N) is 1. The fourth-order valence-corrected chi connectivity index (χ4v) is 2.48. The molecule has 0 amide bonds. The Morgan fingerprint density at radius 1 is 1.35 bits per heavy atom. The third kappa shape index (κ3) is 4.68. The van der Waals surface area contributed by atoms with Gasteiger partial charge >= 0.3 is 6.36 Å². The summed E-state index contributed by atoms with van der Waals surface area (Å²) in [7, 11) is 0. The highest BCUT2D eigenvalue weighted by atomic mass is 19.4. The summed E-state index contributed by atoms with van der Waals surface area (Å²) in [5.74, 6) is -0.163. The van der Waals surface area contributed by atoms with Gasteiger partial charge in [0, 0.05) is 31.7 Å². The molecule has 112 valence electrons. The molecule has 1 aliphatic heterocycles. The lowest BCUT2D eigenvalue weighted by molar-refractivity contribution is -0.274. The zero-order chi connectivity index (χ0) is 14.8. The number of piperazine rings is 1. The Labute approximate surface area is 116 Å². The molecule has 0 spiro atoms. The van der Waals surface area contributed by atoms with Gasteiger partial charge in [0.1, 0.15) is 5.75 Å². The predicted octanol–water partition coefficient (Wildman–Crippen LogP) is 2.77. The Morgan fingerprint density at radius 2 is 2.10 bits per heavy atom. The minimum atomic E-state index is -4.64. The molecule has 3 nitrogen and oxygen atoms in total. The average Bonchev–Trinajstić information content (AvgIpc) is 2.25. The molecule has 6 heteroatoms. The third-order valence-corrected chi connectivity index (χ3v) is 3.19. The Kier molecular flexibility index (Phi) is 4.25. The van der Waals surface area contributed by atoms with Crippen LogP contribution in [0.2, 0.25) is 0 Å². The fraction of sp³-hybridized carbons (Fsp3) is 0.571. The molecule has 1 aromatic carbocycles. The van der Waals surface area contributed by atoms with Crippen molar-refractivity contribution in [1.82, 2.24) is 10.2 Å². The molecule has 1 saturated heterocycles. The van der Waals surface area contributed by atoms with Crippen LogP contribution < -0.4 is 10.1 Å². The molecule has 0 radical (unpaired) electrons. The zero-order valence-corrected chi connectivity index (χ0v) is 11.6. The molecule has 0 bridgehead atoms. The van der Waals surface area contributed by atoms with E-state index in [-0.39, 0.29) is 11.3 Å². The van der Waals surface area contributed by atoms with E-state index in [4.69, 9.17) is 0 Å². The topological polar surface area (TPSA) is 24.5 Å². The van der Waals surface area contributed by atoms with Gasteiger partial charge in [-0.3, -0.25) is 4.90 Å². The second-order valence-corrected chi connectivity index (χ2v) is 5.72. The van der Waals surface area contributed by atoms with E-state index in [0.717, 1.165) is 25.2 Å². The molecule has 0 unspecified atom stereocenters. The first-order valence-corrected chi connectivity index (χ1v) is 6.56. The minimum Gasteiger partial charge on any atom is -0.406 e. The quantitative estimate of drug-likeness (QED) is 0.925. The maximum Gasteiger partial charge on any atom is 0.573 e. The second kappa shape index (κ2) is 5.61. The van der Waals surface area contributed by atoms with Crippen LogP contribution in [0.15, 0.2) is 24.3 Å². The minimum absolute atomic E-state index is 0.0261. The van der Waals surface area contributed by atoms with Crippen molar-refractivity contribution < 1.29 is 17.9 Å². The first-order valence-electron chi connectivity index (χ1n) is 6.56. The summed E-state index contributed by atoms with van der Waals surface area (Å²) in [5, 5.41) is 3.40. The summed E-state index contributed by atoms with van der Waals surface area (Å²) in [6, 6.07) is 6.17. The van der Waals surface area contributed by atoms with Gasteiger partial charge in [0.15, 0.2) is 0 Å². The van der Waals surface area contributed by atoms with Gasteiger partial charge < -0.3 is 10.1 Å². The number of rotatable bonds is 3. The predicted molar refractivity (Wildman–Crippen MR) is 70.5 cm³/mol. The Hall–Kier alpha value is -1.27. The monoisotopic (exact) mass is 288 g/mol. The van der Waals surface area contributed by atoms with E-state index < -0.39 is 6.36 Å². The van der Waals surface area contributed by atoms with Crippen LogP contribution in [-0.2, 0) is 6.54 Å². The molecule has 1 aromatic rings. The second-order valence-electron chi connectivity index (χ2n) is 5.72. The lowest BCUT2D eigenvalue weighted by Gasteiger charge is -2.39. The number of nitrogens with zero attached hydrogens (tertiary/aromatic N) is 1. The van der Waals surface area contributed by atoms with E-state index >= 15 is 0 Å². The van der Waals surface area contributed by atoms with Gasteiger partial charge in [0.2, 0.25) is 0 Å². The third-order valence-electron chi connectivity index (χ3n) is 3.19. The van der Waals surface area contributed by atoms with Crippen LogP contribution >= 0.6 is 0 Å². The molecule has 20 heavy (non-hydrogen) atoms. The number of ether oxygens (including phenoxy) is 1. The van der Waals surface area contributed by atoms with Crippen molar-refractivity contribution in [2.24, 2.45) is 0 Å². The Bertz CT molecular complexity index is 460. The summed E-state index contributed by atoms with van der Waals surface area (Å²) in [6.07, 6.45) is -4.64. The van der Waals surface area contributed by atoms with Crippen molar-refractivity contribution in [3.8, 4) is 5.75 Å². The zero-order valence-electron chi connectivity index (χ0n) is 11.6. The van der Waals surface area contributed by atoms with E-state index in [9.17, 15) is 13.2 Å². The summed E-state index contributed by atoms with van der Waals surface area (Å²) >= 11 is 0. The van der Waals surface area contributed by atoms with E-state index in [1.807, 2.05) is 6.07 Å². The molecule has 2 rings (SSSR count). The maximum atomic E-state index is 12.2. The van der Waals surface area contributed by atoms with Crippen LogP contribution in [0, 0.1) is 0 Å². The standard InChI is InChI=1S/C14H19F3N2O/c1-13(2)10-19(7-6-18-13)9-11-4-3-5-12(8-11)20-14(15,16)17/h3-5,8,18H,6-7,9-10H2,1-2H3. The first-order chi connectivity index (χ1) is 9.23. The van der Waals surface area contributed by atoms with Crippen molar-refractivity contribution in [1.29, 1.82) is 0 Å². The largest absolute Gasteiger partial charge is 0.573 e. The van der Waals surface area contributed by atoms with Gasteiger partial charge in [0.05, 0.1) is 0 Å². The molecule has 1 N–H and O–H groups in total. The first kappa shape index (κ1) is 15.1. The van der Waals surface area contributed by atoms with Crippen molar-refractivity contribution in [2.75, 3.05) is 19.6 Å². The summed E-state index contributed by atoms with van der Waals surface area (Å²) in [4.78, 5) is 2.23. The van der Waals surface area contributed by atoms with E-state index in [0.29, 0.717) is 6.54 Å². The molecular formula is C14H19F3N2O. The maximum absolute atomic E-state index is 12.2. The summed E-state index contributed by atoms with van der Waals surface area (Å²) < 4.78 is 40.5. The van der Waals surface area contributed by atoms with E-state index in [1.165, 1.54) is 12.1 Å². The molecule has 0 aromatic heterocycles. The lowest BCUT2D eigenvalue weighted by atomic mass is 10.0. The van der Waals surface area contributed by atoms with E-state index in [2.05, 4.69) is 28.8 Å². The highest BCUT2D eigenvalue weighted by Gasteiger charge is 2.31. The van der Waals surface area contributed by atoms with Crippen LogP contribution in [0.5, 0.6) is 5.75 Å². The smallest absolute Gasteiger partial charge is 0.406 e. The Balaban J connectivity index is 2.01. The van der Waals surface area contributed by atoms with Crippen LogP contribution in [0.4, 0.5) is 13.2 Å². The number of benzene rings is 1. The van der Waals surface area contributed by atoms with Gasteiger partial charge in [-0.25, -0.2) is 0 Å². The van der Waals surface area contributed by atoms with Gasteiger partial charge in [-0.15, -0.1) is 13.2 Å². The van der Waals surface area contributed by atoms with Crippen LogP contribution in [0.3, 0.4) is 0 Å².